The van der Waals surface area contributed by atoms with Crippen molar-refractivity contribution < 1.29 is 19.5 Å². The Morgan fingerprint density at radius 1 is 0.808 bits per heavy atom. The van der Waals surface area contributed by atoms with Crippen LogP contribution < -0.4 is 5.32 Å². The summed E-state index contributed by atoms with van der Waals surface area (Å²) in [6.07, 6.45) is 0. The number of carbonyl (C=O) groups is 3. The van der Waals surface area contributed by atoms with E-state index >= 15 is 0 Å². The van der Waals surface area contributed by atoms with Gasteiger partial charge >= 0.3 is 0 Å². The summed E-state index contributed by atoms with van der Waals surface area (Å²) in [5, 5.41) is 13.1. The van der Waals surface area contributed by atoms with Crippen LogP contribution in [0.4, 0.5) is 0 Å². The highest BCUT2D eigenvalue weighted by Gasteiger charge is 2.30. The summed E-state index contributed by atoms with van der Waals surface area (Å²) < 4.78 is 0. The van der Waals surface area contributed by atoms with E-state index in [4.69, 9.17) is 5.11 Å². The highest BCUT2D eigenvalue weighted by molar-refractivity contribution is 6.29. The van der Waals surface area contributed by atoms with Gasteiger partial charge in [0, 0.05) is 34.4 Å². The lowest BCUT2D eigenvalue weighted by Crippen LogP contribution is -2.27. The molecule has 5 nitrogen and oxygen atoms in total. The second-order valence-corrected chi connectivity index (χ2v) is 6.14. The van der Waals surface area contributed by atoms with Gasteiger partial charge in [0.05, 0.1) is 6.61 Å². The number of benzene rings is 3. The lowest BCUT2D eigenvalue weighted by atomic mass is 9.82. The van der Waals surface area contributed by atoms with Gasteiger partial charge in [-0.15, -0.1) is 0 Å². The van der Waals surface area contributed by atoms with Crippen LogP contribution in [-0.2, 0) is 0 Å². The largest absolute Gasteiger partial charge is 0.395 e. The summed E-state index contributed by atoms with van der Waals surface area (Å²) in [5.41, 5.74) is 1.56. The third-order valence-electron chi connectivity index (χ3n) is 4.54. The van der Waals surface area contributed by atoms with Crippen molar-refractivity contribution in [3.05, 3.63) is 82.4 Å². The fourth-order valence-electron chi connectivity index (χ4n) is 3.25. The smallest absolute Gasteiger partial charge is 0.251 e. The molecule has 0 saturated carbocycles. The molecule has 5 heteroatoms. The van der Waals surface area contributed by atoms with Crippen LogP contribution in [0.1, 0.15) is 42.2 Å². The first-order chi connectivity index (χ1) is 12.6. The van der Waals surface area contributed by atoms with Crippen molar-refractivity contribution in [3.63, 3.8) is 0 Å². The maximum atomic E-state index is 13.0. The van der Waals surface area contributed by atoms with Crippen LogP contribution in [0.5, 0.6) is 0 Å². The predicted molar refractivity (Wildman–Crippen MR) is 96.7 cm³/mol. The number of hydrogen-bond acceptors (Lipinski definition) is 4. The molecule has 0 aliphatic heterocycles. The number of hydrogen-bond donors (Lipinski definition) is 2. The average molecular weight is 345 g/mol. The number of ketones is 2. The first-order valence-electron chi connectivity index (χ1n) is 8.25. The van der Waals surface area contributed by atoms with Crippen molar-refractivity contribution in [3.8, 4) is 0 Å². The van der Waals surface area contributed by atoms with Crippen LogP contribution >= 0.6 is 0 Å². The lowest BCUT2D eigenvalue weighted by Gasteiger charge is -2.19. The lowest BCUT2D eigenvalue weighted by molar-refractivity contribution is 0.0942. The zero-order valence-electron chi connectivity index (χ0n) is 13.8. The van der Waals surface area contributed by atoms with Gasteiger partial charge in [-0.1, -0.05) is 24.3 Å². The van der Waals surface area contributed by atoms with Crippen molar-refractivity contribution >= 4 is 28.2 Å². The normalized spacial score (nSPS) is 12.7. The molecule has 0 unspecified atom stereocenters. The Balaban J connectivity index is 1.83. The van der Waals surface area contributed by atoms with Gasteiger partial charge in [-0.25, -0.2) is 0 Å². The zero-order valence-corrected chi connectivity index (χ0v) is 13.8. The molecule has 0 radical (unpaired) electrons. The van der Waals surface area contributed by atoms with E-state index in [9.17, 15) is 14.4 Å². The van der Waals surface area contributed by atoms with Crippen LogP contribution in [0.3, 0.4) is 0 Å². The summed E-state index contributed by atoms with van der Waals surface area (Å²) in [6, 6.07) is 15.5. The Kier molecular flexibility index (Phi) is 3.86. The molecular weight excluding hydrogens is 330 g/mol. The van der Waals surface area contributed by atoms with E-state index in [0.29, 0.717) is 16.7 Å². The molecule has 0 atom stereocenters. The molecule has 128 valence electrons. The van der Waals surface area contributed by atoms with Gasteiger partial charge in [0.25, 0.3) is 5.91 Å². The van der Waals surface area contributed by atoms with E-state index < -0.39 is 5.91 Å². The number of aliphatic hydroxyl groups excluding tert-OH is 1. The fraction of sp³-hybridized carbons (Fsp3) is 0.0952. The molecule has 3 aromatic carbocycles. The minimum atomic E-state index is -0.397. The summed E-state index contributed by atoms with van der Waals surface area (Å²) in [4.78, 5) is 37.9. The Morgan fingerprint density at radius 2 is 1.38 bits per heavy atom. The molecular formula is C21H15NO4. The van der Waals surface area contributed by atoms with Crippen molar-refractivity contribution in [2.75, 3.05) is 13.2 Å². The van der Waals surface area contributed by atoms with Gasteiger partial charge in [-0.2, -0.15) is 0 Å². The van der Waals surface area contributed by atoms with Crippen LogP contribution in [-0.4, -0.2) is 35.7 Å². The molecule has 1 amide bonds. The first kappa shape index (κ1) is 16.2. The Morgan fingerprint density at radius 3 is 2.00 bits per heavy atom. The van der Waals surface area contributed by atoms with Crippen molar-refractivity contribution in [1.29, 1.82) is 0 Å². The number of rotatable bonds is 3. The summed E-state index contributed by atoms with van der Waals surface area (Å²) in [7, 11) is 0. The highest BCUT2D eigenvalue weighted by Crippen LogP contribution is 2.31. The van der Waals surface area contributed by atoms with E-state index in [1.165, 1.54) is 18.2 Å². The maximum Gasteiger partial charge on any atom is 0.251 e. The fourth-order valence-corrected chi connectivity index (χ4v) is 3.25. The predicted octanol–water partition coefficient (Wildman–Crippen LogP) is 2.34. The number of nitrogens with one attached hydrogen (secondary N) is 1. The number of fused-ring (bicyclic) bond motifs is 3. The molecule has 2 N–H and O–H groups in total. The third-order valence-corrected chi connectivity index (χ3v) is 4.54. The maximum absolute atomic E-state index is 13.0. The topological polar surface area (TPSA) is 83.5 Å². The second kappa shape index (κ2) is 6.20. The van der Waals surface area contributed by atoms with Crippen molar-refractivity contribution in [2.24, 2.45) is 0 Å². The van der Waals surface area contributed by atoms with Crippen LogP contribution in [0.25, 0.3) is 10.8 Å². The Labute approximate surface area is 149 Å². The second-order valence-electron chi connectivity index (χ2n) is 6.14. The van der Waals surface area contributed by atoms with E-state index in [0.717, 1.165) is 10.8 Å². The van der Waals surface area contributed by atoms with E-state index in [1.54, 1.807) is 12.1 Å². The van der Waals surface area contributed by atoms with Gasteiger partial charge < -0.3 is 10.4 Å². The summed E-state index contributed by atoms with van der Waals surface area (Å²) >= 11 is 0. The zero-order chi connectivity index (χ0) is 18.3. The highest BCUT2D eigenvalue weighted by atomic mass is 16.3. The molecule has 1 aliphatic carbocycles. The van der Waals surface area contributed by atoms with Gasteiger partial charge in [0.1, 0.15) is 0 Å². The van der Waals surface area contributed by atoms with E-state index in [-0.39, 0.29) is 35.8 Å². The average Bonchev–Trinajstić information content (AvgIpc) is 2.68. The minimum absolute atomic E-state index is 0.123. The summed E-state index contributed by atoms with van der Waals surface area (Å²) in [5.74, 6) is -0.883. The Bertz CT molecular complexity index is 1080. The molecule has 0 bridgehead atoms. The molecule has 0 heterocycles. The van der Waals surface area contributed by atoms with Gasteiger partial charge in [-0.3, -0.25) is 14.4 Å². The molecule has 0 aromatic heterocycles. The summed E-state index contributed by atoms with van der Waals surface area (Å²) in [6.45, 7) is -0.0494. The molecule has 0 spiro atoms. The van der Waals surface area contributed by atoms with Crippen LogP contribution in [0.15, 0.2) is 54.6 Å². The molecule has 1 aliphatic rings. The van der Waals surface area contributed by atoms with Gasteiger partial charge in [0.15, 0.2) is 11.6 Å². The standard InChI is InChI=1S/C21H15NO4/c23-8-7-22-21(26)14-5-6-15-16(11-14)20(25)18-10-13-4-2-1-3-12(13)9-17(18)19(15)24/h1-6,9-11,23H,7-8H2,(H,22,26). The number of carbonyl (C=O) groups excluding carboxylic acids is 3. The van der Waals surface area contributed by atoms with Gasteiger partial charge in [0.2, 0.25) is 0 Å². The quantitative estimate of drug-likeness (QED) is 0.597. The van der Waals surface area contributed by atoms with Gasteiger partial charge in [-0.05, 0) is 41.1 Å². The molecule has 0 fully saturated rings. The first-order valence-corrected chi connectivity index (χ1v) is 8.25. The Hall–Kier alpha value is -3.31. The number of amides is 1. The van der Waals surface area contributed by atoms with Crippen LogP contribution in [0, 0.1) is 0 Å². The van der Waals surface area contributed by atoms with Crippen molar-refractivity contribution in [2.45, 2.75) is 0 Å². The molecule has 4 rings (SSSR count). The number of aliphatic hydroxyl groups is 1. The third kappa shape index (κ3) is 2.50. The molecule has 26 heavy (non-hydrogen) atoms. The SMILES string of the molecule is O=C(NCCO)c1ccc2c(c1)C(=O)c1cc3ccccc3cc1C2=O. The molecule has 3 aromatic rings. The monoisotopic (exact) mass is 345 g/mol. The van der Waals surface area contributed by atoms with E-state index in [2.05, 4.69) is 5.32 Å². The minimum Gasteiger partial charge on any atom is -0.395 e. The molecule has 0 saturated heterocycles. The van der Waals surface area contributed by atoms with E-state index in [1.807, 2.05) is 24.3 Å². The van der Waals surface area contributed by atoms with Crippen molar-refractivity contribution in [1.82, 2.24) is 5.32 Å². The van der Waals surface area contributed by atoms with Crippen LogP contribution in [0.2, 0.25) is 0 Å².